The quantitative estimate of drug-likeness (QED) is 0.782. The molecule has 1 aliphatic heterocycles. The lowest BCUT2D eigenvalue weighted by atomic mass is 10.2. The van der Waals surface area contributed by atoms with Crippen LogP contribution in [0.5, 0.6) is 0 Å². The number of rotatable bonds is 4. The molecule has 0 bridgehead atoms. The highest BCUT2D eigenvalue weighted by atomic mass is 32.2. The third kappa shape index (κ3) is 3.10. The maximum absolute atomic E-state index is 12.0. The highest BCUT2D eigenvalue weighted by molar-refractivity contribution is 7.86. The van der Waals surface area contributed by atoms with Crippen LogP contribution in [0, 0.1) is 6.92 Å². The van der Waals surface area contributed by atoms with Gasteiger partial charge in [0.15, 0.2) is 0 Å². The minimum Gasteiger partial charge on any atom is -0.301 e. The summed E-state index contributed by atoms with van der Waals surface area (Å²) in [6.07, 6.45) is 2.11. The van der Waals surface area contributed by atoms with Crippen LogP contribution in [0.15, 0.2) is 29.2 Å². The molecule has 0 saturated carbocycles. The standard InChI is InChI=1S/C13H19NO3S/c1-11-5-7-13(8-6-11)18(15,16)17-10-12-4-3-9-14(12)2/h5-8,12H,3-4,9-10H2,1-2H3. The fraction of sp³-hybridized carbons (Fsp3) is 0.538. The fourth-order valence-corrected chi connectivity index (χ4v) is 3.07. The Balaban J connectivity index is 2.01. The normalized spacial score (nSPS) is 21.3. The molecule has 5 heteroatoms. The molecule has 1 aromatic rings. The van der Waals surface area contributed by atoms with Gasteiger partial charge in [-0.25, -0.2) is 0 Å². The smallest absolute Gasteiger partial charge is 0.297 e. The van der Waals surface area contributed by atoms with Crippen molar-refractivity contribution >= 4 is 10.1 Å². The van der Waals surface area contributed by atoms with Gasteiger partial charge in [-0.3, -0.25) is 4.18 Å². The molecule has 1 saturated heterocycles. The van der Waals surface area contributed by atoms with Crippen LogP contribution in [0.4, 0.5) is 0 Å². The topological polar surface area (TPSA) is 46.6 Å². The van der Waals surface area contributed by atoms with E-state index < -0.39 is 10.1 Å². The molecule has 18 heavy (non-hydrogen) atoms. The lowest BCUT2D eigenvalue weighted by molar-refractivity contribution is 0.202. The van der Waals surface area contributed by atoms with Crippen molar-refractivity contribution in [1.82, 2.24) is 4.90 Å². The van der Waals surface area contributed by atoms with Crippen LogP contribution >= 0.6 is 0 Å². The van der Waals surface area contributed by atoms with E-state index in [0.717, 1.165) is 24.9 Å². The summed E-state index contributed by atoms with van der Waals surface area (Å²) in [6, 6.07) is 6.94. The third-order valence-electron chi connectivity index (χ3n) is 3.40. The Labute approximate surface area is 109 Å². The third-order valence-corrected chi connectivity index (χ3v) is 4.69. The van der Waals surface area contributed by atoms with Crippen LogP contribution in [0.1, 0.15) is 18.4 Å². The van der Waals surface area contributed by atoms with E-state index in [0.29, 0.717) is 0 Å². The summed E-state index contributed by atoms with van der Waals surface area (Å²) in [6.45, 7) is 3.18. The largest absolute Gasteiger partial charge is 0.301 e. The molecule has 1 atom stereocenters. The molecule has 0 radical (unpaired) electrons. The Morgan fingerprint density at radius 2 is 2.00 bits per heavy atom. The van der Waals surface area contributed by atoms with Crippen molar-refractivity contribution < 1.29 is 12.6 Å². The lowest BCUT2D eigenvalue weighted by Gasteiger charge is -2.18. The molecular formula is C13H19NO3S. The minimum absolute atomic E-state index is 0.213. The molecule has 100 valence electrons. The van der Waals surface area contributed by atoms with E-state index in [1.807, 2.05) is 14.0 Å². The maximum atomic E-state index is 12.0. The van der Waals surface area contributed by atoms with E-state index in [1.165, 1.54) is 0 Å². The zero-order chi connectivity index (χ0) is 13.2. The summed E-state index contributed by atoms with van der Waals surface area (Å²) < 4.78 is 29.1. The Morgan fingerprint density at radius 3 is 2.56 bits per heavy atom. The maximum Gasteiger partial charge on any atom is 0.297 e. The molecule has 0 spiro atoms. The number of likely N-dealkylation sites (N-methyl/N-ethyl adjacent to an activating group) is 1. The Bertz CT molecular complexity index is 495. The first-order valence-electron chi connectivity index (χ1n) is 6.15. The number of nitrogens with zero attached hydrogens (tertiary/aromatic N) is 1. The second kappa shape index (κ2) is 5.38. The molecule has 1 aliphatic rings. The van der Waals surface area contributed by atoms with Gasteiger partial charge in [0.2, 0.25) is 0 Å². The van der Waals surface area contributed by atoms with Gasteiger partial charge in [-0.05, 0) is 45.5 Å². The summed E-state index contributed by atoms with van der Waals surface area (Å²) in [5, 5.41) is 0. The summed E-state index contributed by atoms with van der Waals surface area (Å²) in [7, 11) is -1.62. The van der Waals surface area contributed by atoms with Crippen LogP contribution in [-0.2, 0) is 14.3 Å². The first-order chi connectivity index (χ1) is 8.49. The molecule has 0 N–H and O–H groups in total. The summed E-state index contributed by atoms with van der Waals surface area (Å²) in [5.41, 5.74) is 1.03. The second-order valence-electron chi connectivity index (χ2n) is 4.83. The van der Waals surface area contributed by atoms with E-state index in [1.54, 1.807) is 24.3 Å². The van der Waals surface area contributed by atoms with E-state index in [2.05, 4.69) is 4.90 Å². The second-order valence-corrected chi connectivity index (χ2v) is 6.44. The minimum atomic E-state index is -3.61. The number of hydrogen-bond donors (Lipinski definition) is 0. The molecule has 0 aromatic heterocycles. The SMILES string of the molecule is Cc1ccc(S(=O)(=O)OCC2CCCN2C)cc1. The molecule has 1 heterocycles. The Morgan fingerprint density at radius 1 is 1.33 bits per heavy atom. The Kier molecular flexibility index (Phi) is 4.04. The average molecular weight is 269 g/mol. The predicted molar refractivity (Wildman–Crippen MR) is 70.0 cm³/mol. The van der Waals surface area contributed by atoms with Gasteiger partial charge in [0.05, 0.1) is 11.5 Å². The summed E-state index contributed by atoms with van der Waals surface area (Å²) in [5.74, 6) is 0. The molecule has 2 rings (SSSR count). The van der Waals surface area contributed by atoms with Gasteiger partial charge >= 0.3 is 0 Å². The van der Waals surface area contributed by atoms with Gasteiger partial charge in [0, 0.05) is 6.04 Å². The molecule has 0 amide bonds. The molecule has 1 unspecified atom stereocenters. The molecule has 4 nitrogen and oxygen atoms in total. The number of benzene rings is 1. The van der Waals surface area contributed by atoms with Gasteiger partial charge < -0.3 is 4.90 Å². The van der Waals surface area contributed by atoms with Crippen molar-refractivity contribution in [2.24, 2.45) is 0 Å². The van der Waals surface area contributed by atoms with Crippen LogP contribution in [0.2, 0.25) is 0 Å². The van der Waals surface area contributed by atoms with Crippen molar-refractivity contribution in [3.63, 3.8) is 0 Å². The van der Waals surface area contributed by atoms with Crippen LogP contribution < -0.4 is 0 Å². The highest BCUT2D eigenvalue weighted by Crippen LogP contribution is 2.18. The monoisotopic (exact) mass is 269 g/mol. The predicted octanol–water partition coefficient (Wildman–Crippen LogP) is 1.79. The highest BCUT2D eigenvalue weighted by Gasteiger charge is 2.24. The fourth-order valence-electron chi connectivity index (χ4n) is 2.13. The van der Waals surface area contributed by atoms with Gasteiger partial charge in [0.1, 0.15) is 0 Å². The van der Waals surface area contributed by atoms with E-state index in [-0.39, 0.29) is 17.5 Å². The van der Waals surface area contributed by atoms with Gasteiger partial charge in [0.25, 0.3) is 10.1 Å². The molecule has 0 aliphatic carbocycles. The van der Waals surface area contributed by atoms with E-state index in [4.69, 9.17) is 4.18 Å². The van der Waals surface area contributed by atoms with E-state index >= 15 is 0 Å². The number of likely N-dealkylation sites (tertiary alicyclic amines) is 1. The first-order valence-corrected chi connectivity index (χ1v) is 7.56. The van der Waals surface area contributed by atoms with Crippen molar-refractivity contribution in [2.75, 3.05) is 20.2 Å². The van der Waals surface area contributed by atoms with Crippen molar-refractivity contribution in [3.8, 4) is 0 Å². The van der Waals surface area contributed by atoms with Crippen molar-refractivity contribution in [2.45, 2.75) is 30.7 Å². The van der Waals surface area contributed by atoms with Gasteiger partial charge in [-0.15, -0.1) is 0 Å². The van der Waals surface area contributed by atoms with Crippen molar-refractivity contribution in [1.29, 1.82) is 0 Å². The number of hydrogen-bond acceptors (Lipinski definition) is 4. The zero-order valence-electron chi connectivity index (χ0n) is 10.8. The number of aryl methyl sites for hydroxylation is 1. The summed E-state index contributed by atoms with van der Waals surface area (Å²) in [4.78, 5) is 2.37. The average Bonchev–Trinajstić information content (AvgIpc) is 2.73. The first kappa shape index (κ1) is 13.5. The van der Waals surface area contributed by atoms with E-state index in [9.17, 15) is 8.42 Å². The molecule has 1 fully saturated rings. The Hall–Kier alpha value is -0.910. The van der Waals surface area contributed by atoms with Crippen LogP contribution in [0.3, 0.4) is 0 Å². The van der Waals surface area contributed by atoms with Crippen LogP contribution in [-0.4, -0.2) is 39.6 Å². The zero-order valence-corrected chi connectivity index (χ0v) is 11.6. The van der Waals surface area contributed by atoms with Gasteiger partial charge in [-0.2, -0.15) is 8.42 Å². The van der Waals surface area contributed by atoms with Crippen molar-refractivity contribution in [3.05, 3.63) is 29.8 Å². The summed E-state index contributed by atoms with van der Waals surface area (Å²) >= 11 is 0. The molecule has 1 aromatic carbocycles. The van der Waals surface area contributed by atoms with Gasteiger partial charge in [-0.1, -0.05) is 17.7 Å². The lowest BCUT2D eigenvalue weighted by Crippen LogP contribution is -2.30. The molecular weight excluding hydrogens is 250 g/mol. The van der Waals surface area contributed by atoms with Crippen LogP contribution in [0.25, 0.3) is 0 Å².